The molecule has 0 radical (unpaired) electrons. The summed E-state index contributed by atoms with van der Waals surface area (Å²) in [5, 5.41) is 18.2. The summed E-state index contributed by atoms with van der Waals surface area (Å²) in [5.41, 5.74) is 3.31. The summed E-state index contributed by atoms with van der Waals surface area (Å²) >= 11 is 0. The standard InChI is InChI=1S/C20H23N5O/c26-20-8-4-7-19(13-20)24-11-9-23(10-12-24)15-18-16-25(22-21-18)14-17-5-2-1-3-6-17/h1-8,13,16,26H,9-12,14-15H2. The first-order chi connectivity index (χ1) is 12.8. The number of nitrogens with zero attached hydrogens (tertiary/aromatic N) is 5. The van der Waals surface area contributed by atoms with Crippen LogP contribution in [-0.4, -0.2) is 51.2 Å². The fraction of sp³-hybridized carbons (Fsp3) is 0.300. The number of phenols is 1. The summed E-state index contributed by atoms with van der Waals surface area (Å²) in [6.07, 6.45) is 2.04. The molecule has 0 bridgehead atoms. The maximum Gasteiger partial charge on any atom is 0.117 e. The van der Waals surface area contributed by atoms with Crippen molar-refractivity contribution in [3.8, 4) is 5.75 Å². The minimum atomic E-state index is 0.319. The Balaban J connectivity index is 1.31. The van der Waals surface area contributed by atoms with Crippen LogP contribution in [0.2, 0.25) is 0 Å². The molecule has 26 heavy (non-hydrogen) atoms. The SMILES string of the molecule is Oc1cccc(N2CCN(Cc3cn(Cc4ccccc4)nn3)CC2)c1. The van der Waals surface area contributed by atoms with Gasteiger partial charge in [-0.25, -0.2) is 4.68 Å². The van der Waals surface area contributed by atoms with Gasteiger partial charge in [-0.05, 0) is 17.7 Å². The molecule has 6 nitrogen and oxygen atoms in total. The molecule has 1 aromatic heterocycles. The predicted molar refractivity (Wildman–Crippen MR) is 101 cm³/mol. The average molecular weight is 349 g/mol. The van der Waals surface area contributed by atoms with Gasteiger partial charge in [-0.1, -0.05) is 41.6 Å². The average Bonchev–Trinajstić information content (AvgIpc) is 3.10. The van der Waals surface area contributed by atoms with E-state index in [1.54, 1.807) is 6.07 Å². The highest BCUT2D eigenvalue weighted by Crippen LogP contribution is 2.21. The molecule has 1 N–H and O–H groups in total. The smallest absolute Gasteiger partial charge is 0.117 e. The van der Waals surface area contributed by atoms with E-state index in [-0.39, 0.29) is 0 Å². The third-order valence-electron chi connectivity index (χ3n) is 4.73. The van der Waals surface area contributed by atoms with Gasteiger partial charge in [-0.2, -0.15) is 0 Å². The molecule has 0 unspecified atom stereocenters. The molecule has 1 aliphatic rings. The zero-order valence-electron chi connectivity index (χ0n) is 14.7. The van der Waals surface area contributed by atoms with Crippen LogP contribution in [0.1, 0.15) is 11.3 Å². The van der Waals surface area contributed by atoms with Gasteiger partial charge in [0.1, 0.15) is 5.75 Å². The van der Waals surface area contributed by atoms with Crippen molar-refractivity contribution in [2.75, 3.05) is 31.1 Å². The Labute approximate surface area is 153 Å². The van der Waals surface area contributed by atoms with Gasteiger partial charge in [0.25, 0.3) is 0 Å². The number of aromatic hydroxyl groups is 1. The second-order valence-electron chi connectivity index (χ2n) is 6.68. The van der Waals surface area contributed by atoms with Crippen molar-refractivity contribution >= 4 is 5.69 Å². The first-order valence-corrected chi connectivity index (χ1v) is 8.95. The number of benzene rings is 2. The number of hydrogen-bond acceptors (Lipinski definition) is 5. The summed E-state index contributed by atoms with van der Waals surface area (Å²) in [5.74, 6) is 0.319. The van der Waals surface area contributed by atoms with Crippen LogP contribution in [0, 0.1) is 0 Å². The molecule has 2 aromatic carbocycles. The highest BCUT2D eigenvalue weighted by Gasteiger charge is 2.18. The van der Waals surface area contributed by atoms with E-state index in [0.29, 0.717) is 5.75 Å². The van der Waals surface area contributed by atoms with E-state index in [4.69, 9.17) is 0 Å². The van der Waals surface area contributed by atoms with Crippen LogP contribution in [-0.2, 0) is 13.1 Å². The largest absolute Gasteiger partial charge is 0.508 e. The van der Waals surface area contributed by atoms with Gasteiger partial charge in [0.2, 0.25) is 0 Å². The third-order valence-corrected chi connectivity index (χ3v) is 4.73. The quantitative estimate of drug-likeness (QED) is 0.766. The van der Waals surface area contributed by atoms with Gasteiger partial charge in [-0.3, -0.25) is 4.90 Å². The maximum absolute atomic E-state index is 9.64. The van der Waals surface area contributed by atoms with E-state index in [9.17, 15) is 5.11 Å². The molecular formula is C20H23N5O. The molecule has 0 aliphatic carbocycles. The van der Waals surface area contributed by atoms with Gasteiger partial charge in [-0.15, -0.1) is 5.10 Å². The minimum Gasteiger partial charge on any atom is -0.508 e. The van der Waals surface area contributed by atoms with Crippen molar-refractivity contribution in [3.05, 3.63) is 72.1 Å². The normalized spacial score (nSPS) is 15.3. The van der Waals surface area contributed by atoms with Crippen LogP contribution in [0.4, 0.5) is 5.69 Å². The van der Waals surface area contributed by atoms with Crippen LogP contribution in [0.15, 0.2) is 60.8 Å². The molecule has 3 aromatic rings. The van der Waals surface area contributed by atoms with Crippen molar-refractivity contribution in [2.24, 2.45) is 0 Å². The second kappa shape index (κ2) is 7.58. The van der Waals surface area contributed by atoms with Gasteiger partial charge < -0.3 is 10.0 Å². The lowest BCUT2D eigenvalue weighted by Crippen LogP contribution is -2.46. The molecule has 4 rings (SSSR count). The highest BCUT2D eigenvalue weighted by atomic mass is 16.3. The molecule has 0 spiro atoms. The molecule has 2 heterocycles. The van der Waals surface area contributed by atoms with E-state index in [2.05, 4.69) is 32.2 Å². The first-order valence-electron chi connectivity index (χ1n) is 8.95. The fourth-order valence-electron chi connectivity index (χ4n) is 3.34. The number of piperazine rings is 1. The molecule has 134 valence electrons. The van der Waals surface area contributed by atoms with Crippen molar-refractivity contribution < 1.29 is 5.11 Å². The lowest BCUT2D eigenvalue weighted by molar-refractivity contribution is 0.247. The lowest BCUT2D eigenvalue weighted by atomic mass is 10.2. The van der Waals surface area contributed by atoms with Crippen LogP contribution < -0.4 is 4.90 Å². The van der Waals surface area contributed by atoms with Gasteiger partial charge in [0.15, 0.2) is 0 Å². The summed E-state index contributed by atoms with van der Waals surface area (Å²) in [7, 11) is 0. The Bertz CT molecular complexity index is 840. The number of rotatable bonds is 5. The Kier molecular flexibility index (Phi) is 4.84. The Hall–Kier alpha value is -2.86. The fourth-order valence-corrected chi connectivity index (χ4v) is 3.34. The number of phenolic OH excluding ortho intramolecular Hbond substituents is 1. The molecule has 6 heteroatoms. The van der Waals surface area contributed by atoms with E-state index >= 15 is 0 Å². The number of anilines is 1. The van der Waals surface area contributed by atoms with E-state index in [1.165, 1.54) is 5.56 Å². The Morgan fingerprint density at radius 1 is 0.885 bits per heavy atom. The van der Waals surface area contributed by atoms with Crippen molar-refractivity contribution in [2.45, 2.75) is 13.1 Å². The second-order valence-corrected chi connectivity index (χ2v) is 6.68. The molecule has 0 amide bonds. The van der Waals surface area contributed by atoms with Gasteiger partial charge >= 0.3 is 0 Å². The Morgan fingerprint density at radius 2 is 1.69 bits per heavy atom. The van der Waals surface area contributed by atoms with Crippen LogP contribution in [0.25, 0.3) is 0 Å². The summed E-state index contributed by atoms with van der Waals surface area (Å²) in [6.45, 7) is 5.41. The molecule has 0 saturated carbocycles. The van der Waals surface area contributed by atoms with Gasteiger partial charge in [0, 0.05) is 44.5 Å². The summed E-state index contributed by atoms with van der Waals surface area (Å²) < 4.78 is 1.90. The Morgan fingerprint density at radius 3 is 2.46 bits per heavy atom. The monoisotopic (exact) mass is 349 g/mol. The minimum absolute atomic E-state index is 0.319. The van der Waals surface area contributed by atoms with Crippen molar-refractivity contribution in [3.63, 3.8) is 0 Å². The lowest BCUT2D eigenvalue weighted by Gasteiger charge is -2.35. The summed E-state index contributed by atoms with van der Waals surface area (Å²) in [4.78, 5) is 4.71. The van der Waals surface area contributed by atoms with Crippen LogP contribution in [0.3, 0.4) is 0 Å². The number of aromatic nitrogens is 3. The van der Waals surface area contributed by atoms with Crippen molar-refractivity contribution in [1.82, 2.24) is 19.9 Å². The van der Waals surface area contributed by atoms with E-state index in [0.717, 1.165) is 50.6 Å². The number of hydrogen-bond donors (Lipinski definition) is 1. The molecule has 1 fully saturated rings. The molecule has 0 atom stereocenters. The first kappa shape index (κ1) is 16.6. The summed E-state index contributed by atoms with van der Waals surface area (Å²) in [6, 6.07) is 17.8. The third kappa shape index (κ3) is 4.03. The zero-order chi connectivity index (χ0) is 17.8. The topological polar surface area (TPSA) is 57.4 Å². The predicted octanol–water partition coefficient (Wildman–Crippen LogP) is 2.35. The van der Waals surface area contributed by atoms with Crippen LogP contribution >= 0.6 is 0 Å². The molecule has 1 aliphatic heterocycles. The van der Waals surface area contributed by atoms with Crippen molar-refractivity contribution in [1.29, 1.82) is 0 Å². The maximum atomic E-state index is 9.64. The van der Waals surface area contributed by atoms with Crippen LogP contribution in [0.5, 0.6) is 5.75 Å². The van der Waals surface area contributed by atoms with E-state index < -0.39 is 0 Å². The van der Waals surface area contributed by atoms with E-state index in [1.807, 2.05) is 47.3 Å². The molecule has 1 saturated heterocycles. The highest BCUT2D eigenvalue weighted by molar-refractivity contribution is 5.50. The molecular weight excluding hydrogens is 326 g/mol. The van der Waals surface area contributed by atoms with Gasteiger partial charge in [0.05, 0.1) is 18.4 Å². The zero-order valence-corrected chi connectivity index (χ0v) is 14.7.